The van der Waals surface area contributed by atoms with Crippen LogP contribution in [0.4, 0.5) is 13.2 Å². The van der Waals surface area contributed by atoms with E-state index in [9.17, 15) is 13.2 Å². The van der Waals surface area contributed by atoms with Gasteiger partial charge in [0.05, 0.1) is 11.6 Å². The second kappa shape index (κ2) is 7.61. The average Bonchev–Trinajstić information content (AvgIpc) is 2.42. The highest BCUT2D eigenvalue weighted by atomic mass is 19.4. The third kappa shape index (κ3) is 4.19. The van der Waals surface area contributed by atoms with Crippen molar-refractivity contribution in [2.75, 3.05) is 20.8 Å². The van der Waals surface area contributed by atoms with Crippen LogP contribution in [0.25, 0.3) is 0 Å². The lowest BCUT2D eigenvalue weighted by molar-refractivity contribution is -0.143. The predicted molar refractivity (Wildman–Crippen MR) is 70.3 cm³/mol. The predicted octanol–water partition coefficient (Wildman–Crippen LogP) is 3.37. The van der Waals surface area contributed by atoms with E-state index >= 15 is 0 Å². The zero-order chi connectivity index (χ0) is 15.2. The van der Waals surface area contributed by atoms with Gasteiger partial charge in [-0.3, -0.25) is 0 Å². The van der Waals surface area contributed by atoms with Crippen molar-refractivity contribution in [1.82, 2.24) is 5.32 Å². The Hall–Kier alpha value is -1.11. The molecule has 0 spiro atoms. The van der Waals surface area contributed by atoms with Crippen molar-refractivity contribution in [1.29, 1.82) is 0 Å². The molecule has 1 rings (SSSR count). The number of ether oxygens (including phenoxy) is 2. The van der Waals surface area contributed by atoms with Gasteiger partial charge in [-0.25, -0.2) is 0 Å². The summed E-state index contributed by atoms with van der Waals surface area (Å²) in [6.45, 7) is 2.51. The topological polar surface area (TPSA) is 30.5 Å². The molecule has 0 radical (unpaired) electrons. The number of methoxy groups -OCH3 is 2. The van der Waals surface area contributed by atoms with Crippen molar-refractivity contribution in [2.45, 2.75) is 31.9 Å². The molecule has 0 bridgehead atoms. The minimum Gasteiger partial charge on any atom is -0.354 e. The fourth-order valence-corrected chi connectivity index (χ4v) is 2.05. The van der Waals surface area contributed by atoms with Gasteiger partial charge in [-0.1, -0.05) is 25.1 Å². The minimum absolute atomic E-state index is 0.127. The summed E-state index contributed by atoms with van der Waals surface area (Å²) in [6.07, 6.45) is -4.40. The van der Waals surface area contributed by atoms with Crippen LogP contribution in [0.15, 0.2) is 24.3 Å². The smallest absolute Gasteiger partial charge is 0.354 e. The molecule has 1 N–H and O–H groups in total. The molecule has 0 saturated heterocycles. The summed E-state index contributed by atoms with van der Waals surface area (Å²) in [7, 11) is 2.82. The number of nitrogens with one attached hydrogen (secondary N) is 1. The Labute approximate surface area is 117 Å². The van der Waals surface area contributed by atoms with E-state index in [0.29, 0.717) is 6.54 Å². The highest BCUT2D eigenvalue weighted by Gasteiger charge is 2.36. The Morgan fingerprint density at radius 2 is 1.75 bits per heavy atom. The lowest BCUT2D eigenvalue weighted by Gasteiger charge is -2.28. The lowest BCUT2D eigenvalue weighted by Crippen LogP contribution is -2.36. The summed E-state index contributed by atoms with van der Waals surface area (Å²) < 4.78 is 49.5. The number of rotatable bonds is 7. The summed E-state index contributed by atoms with van der Waals surface area (Å²) in [6, 6.07) is 4.79. The summed E-state index contributed by atoms with van der Waals surface area (Å²) >= 11 is 0. The van der Waals surface area contributed by atoms with Gasteiger partial charge in [-0.15, -0.1) is 0 Å². The summed E-state index contributed by atoms with van der Waals surface area (Å²) in [4.78, 5) is 0. The van der Waals surface area contributed by atoms with Crippen LogP contribution in [0, 0.1) is 0 Å². The van der Waals surface area contributed by atoms with Crippen LogP contribution in [0.5, 0.6) is 0 Å². The van der Waals surface area contributed by atoms with Crippen LogP contribution in [-0.2, 0) is 15.7 Å². The van der Waals surface area contributed by atoms with Gasteiger partial charge < -0.3 is 14.8 Å². The molecule has 0 aromatic heterocycles. The van der Waals surface area contributed by atoms with Crippen LogP contribution in [-0.4, -0.2) is 27.1 Å². The molecule has 0 amide bonds. The monoisotopic (exact) mass is 291 g/mol. The number of hydrogen-bond acceptors (Lipinski definition) is 3. The maximum Gasteiger partial charge on any atom is 0.416 e. The summed E-state index contributed by atoms with van der Waals surface area (Å²) in [5, 5.41) is 3.05. The molecule has 1 aromatic carbocycles. The third-order valence-corrected chi connectivity index (χ3v) is 2.95. The van der Waals surface area contributed by atoms with Gasteiger partial charge in [-0.05, 0) is 24.6 Å². The van der Waals surface area contributed by atoms with E-state index in [1.54, 1.807) is 6.07 Å². The molecule has 0 aliphatic carbocycles. The van der Waals surface area contributed by atoms with Gasteiger partial charge in [0, 0.05) is 14.2 Å². The summed E-state index contributed by atoms with van der Waals surface area (Å²) in [5.74, 6) is 0. The first-order chi connectivity index (χ1) is 9.45. The van der Waals surface area contributed by atoms with Crippen molar-refractivity contribution < 1.29 is 22.6 Å². The Morgan fingerprint density at radius 1 is 1.15 bits per heavy atom. The first kappa shape index (κ1) is 16.9. The van der Waals surface area contributed by atoms with Crippen molar-refractivity contribution in [2.24, 2.45) is 0 Å². The molecular weight excluding hydrogens is 271 g/mol. The quantitative estimate of drug-likeness (QED) is 0.781. The summed E-state index contributed by atoms with van der Waals surface area (Å²) in [5.41, 5.74) is -0.546. The fraction of sp³-hybridized carbons (Fsp3) is 0.571. The number of alkyl halides is 3. The van der Waals surface area contributed by atoms with Gasteiger partial charge in [0.15, 0.2) is 6.29 Å². The SMILES string of the molecule is CCCNC(c1ccccc1C(F)(F)F)C(OC)OC. The Bertz CT molecular complexity index is 406. The highest BCUT2D eigenvalue weighted by molar-refractivity contribution is 5.33. The molecule has 0 aliphatic rings. The molecule has 0 heterocycles. The average molecular weight is 291 g/mol. The maximum atomic E-state index is 13.1. The van der Waals surface area contributed by atoms with E-state index in [1.807, 2.05) is 6.92 Å². The van der Waals surface area contributed by atoms with Crippen LogP contribution in [0.3, 0.4) is 0 Å². The standard InChI is InChI=1S/C14H20F3NO2/c1-4-9-18-12(13(19-2)20-3)10-7-5-6-8-11(10)14(15,16)17/h5-8,12-13,18H,4,9H2,1-3H3. The Kier molecular flexibility index (Phi) is 6.45. The Balaban J connectivity index is 3.19. The molecule has 0 fully saturated rings. The molecule has 114 valence electrons. The van der Waals surface area contributed by atoms with E-state index < -0.39 is 24.1 Å². The normalized spacial score (nSPS) is 13.8. The van der Waals surface area contributed by atoms with Crippen LogP contribution in [0.2, 0.25) is 0 Å². The van der Waals surface area contributed by atoms with E-state index in [-0.39, 0.29) is 5.56 Å². The number of hydrogen-bond donors (Lipinski definition) is 1. The molecule has 20 heavy (non-hydrogen) atoms. The lowest BCUT2D eigenvalue weighted by atomic mass is 9.99. The molecule has 0 aliphatic heterocycles. The third-order valence-electron chi connectivity index (χ3n) is 2.95. The zero-order valence-electron chi connectivity index (χ0n) is 11.8. The van der Waals surface area contributed by atoms with Crippen molar-refractivity contribution in [3.8, 4) is 0 Å². The van der Waals surface area contributed by atoms with E-state index in [0.717, 1.165) is 12.5 Å². The second-order valence-corrected chi connectivity index (χ2v) is 4.36. The molecule has 1 atom stereocenters. The molecule has 1 aromatic rings. The molecule has 6 heteroatoms. The van der Waals surface area contributed by atoms with Gasteiger partial charge in [0.1, 0.15) is 0 Å². The Morgan fingerprint density at radius 3 is 2.25 bits per heavy atom. The van der Waals surface area contributed by atoms with Crippen LogP contribution < -0.4 is 5.32 Å². The maximum absolute atomic E-state index is 13.1. The molecule has 3 nitrogen and oxygen atoms in total. The largest absolute Gasteiger partial charge is 0.416 e. The van der Waals surface area contributed by atoms with Crippen molar-refractivity contribution in [3.05, 3.63) is 35.4 Å². The van der Waals surface area contributed by atoms with E-state index in [2.05, 4.69) is 5.32 Å². The van der Waals surface area contributed by atoms with Crippen molar-refractivity contribution in [3.63, 3.8) is 0 Å². The van der Waals surface area contributed by atoms with Crippen molar-refractivity contribution >= 4 is 0 Å². The second-order valence-electron chi connectivity index (χ2n) is 4.36. The molecule has 1 unspecified atom stereocenters. The van der Waals surface area contributed by atoms with E-state index in [4.69, 9.17) is 9.47 Å². The minimum atomic E-state index is -4.41. The molecule has 0 saturated carbocycles. The van der Waals surface area contributed by atoms with Gasteiger partial charge in [0.2, 0.25) is 0 Å². The van der Waals surface area contributed by atoms with Crippen LogP contribution >= 0.6 is 0 Å². The van der Waals surface area contributed by atoms with Gasteiger partial charge >= 0.3 is 6.18 Å². The van der Waals surface area contributed by atoms with Gasteiger partial charge in [0.25, 0.3) is 0 Å². The van der Waals surface area contributed by atoms with E-state index in [1.165, 1.54) is 26.4 Å². The van der Waals surface area contributed by atoms with Gasteiger partial charge in [-0.2, -0.15) is 13.2 Å². The zero-order valence-corrected chi connectivity index (χ0v) is 11.8. The van der Waals surface area contributed by atoms with Crippen LogP contribution in [0.1, 0.15) is 30.5 Å². The first-order valence-electron chi connectivity index (χ1n) is 6.40. The molecular formula is C14H20F3NO2. The fourth-order valence-electron chi connectivity index (χ4n) is 2.05. The number of benzene rings is 1. The highest BCUT2D eigenvalue weighted by Crippen LogP contribution is 2.35. The number of halogens is 3. The first-order valence-corrected chi connectivity index (χ1v) is 6.40.